The molecule has 1 heterocycles. The number of hydrogen-bond acceptors (Lipinski definition) is 3. The monoisotopic (exact) mass is 382 g/mol. The second kappa shape index (κ2) is 8.53. The minimum atomic E-state index is -0.188. The highest BCUT2D eigenvalue weighted by molar-refractivity contribution is 7.10. The third-order valence-electron chi connectivity index (χ3n) is 5.12. The molecule has 0 radical (unpaired) electrons. The largest absolute Gasteiger partial charge is 0.348 e. The summed E-state index contributed by atoms with van der Waals surface area (Å²) < 4.78 is 0. The summed E-state index contributed by atoms with van der Waals surface area (Å²) in [4.78, 5) is 25.4. The van der Waals surface area contributed by atoms with Gasteiger partial charge in [-0.05, 0) is 54.9 Å². The number of carbonyl (C=O) groups is 2. The van der Waals surface area contributed by atoms with Crippen LogP contribution < -0.4 is 10.6 Å². The van der Waals surface area contributed by atoms with Gasteiger partial charge in [-0.15, -0.1) is 11.3 Å². The summed E-state index contributed by atoms with van der Waals surface area (Å²) in [5, 5.41) is 7.88. The zero-order valence-electron chi connectivity index (χ0n) is 15.9. The van der Waals surface area contributed by atoms with Gasteiger partial charge in [0.05, 0.1) is 11.6 Å². The van der Waals surface area contributed by atoms with Crippen LogP contribution in [0.1, 0.15) is 58.2 Å². The molecule has 142 valence electrons. The molecule has 2 amide bonds. The van der Waals surface area contributed by atoms with Crippen molar-refractivity contribution in [2.45, 2.75) is 45.7 Å². The van der Waals surface area contributed by atoms with E-state index in [-0.39, 0.29) is 17.9 Å². The lowest BCUT2D eigenvalue weighted by atomic mass is 9.88. The Hall–Kier alpha value is -2.40. The Bertz CT molecular complexity index is 838. The average Bonchev–Trinajstić information content (AvgIpc) is 3.09. The first-order chi connectivity index (χ1) is 13.0. The quantitative estimate of drug-likeness (QED) is 0.737. The first-order valence-electron chi connectivity index (χ1n) is 9.37. The smallest absolute Gasteiger partial charge is 0.252 e. The van der Waals surface area contributed by atoms with Crippen LogP contribution in [-0.4, -0.2) is 11.8 Å². The van der Waals surface area contributed by atoms with Crippen molar-refractivity contribution in [1.29, 1.82) is 0 Å². The number of hydrogen-bond donors (Lipinski definition) is 2. The molecule has 0 aliphatic heterocycles. The number of thiophene rings is 1. The zero-order valence-corrected chi connectivity index (χ0v) is 16.7. The molecule has 2 aromatic rings. The summed E-state index contributed by atoms with van der Waals surface area (Å²) in [5.41, 5.74) is 4.14. The Kier molecular flexibility index (Phi) is 6.11. The van der Waals surface area contributed by atoms with Crippen LogP contribution in [0.15, 0.2) is 42.3 Å². The van der Waals surface area contributed by atoms with Crippen LogP contribution in [0, 0.1) is 5.92 Å². The Labute approximate surface area is 164 Å². The number of rotatable bonds is 6. The van der Waals surface area contributed by atoms with E-state index in [1.54, 1.807) is 11.3 Å². The minimum Gasteiger partial charge on any atom is -0.348 e. The van der Waals surface area contributed by atoms with Gasteiger partial charge in [0.2, 0.25) is 5.91 Å². The third-order valence-corrected chi connectivity index (χ3v) is 6.17. The molecule has 3 rings (SSSR count). The van der Waals surface area contributed by atoms with Crippen molar-refractivity contribution in [3.8, 4) is 0 Å². The van der Waals surface area contributed by atoms with Crippen LogP contribution >= 0.6 is 11.3 Å². The normalized spacial score (nSPS) is 16.9. The fourth-order valence-electron chi connectivity index (χ4n) is 3.43. The van der Waals surface area contributed by atoms with E-state index in [1.165, 1.54) is 16.5 Å². The third kappa shape index (κ3) is 4.66. The van der Waals surface area contributed by atoms with Crippen molar-refractivity contribution in [1.82, 2.24) is 10.6 Å². The first kappa shape index (κ1) is 19.4. The standard InChI is InChI=1S/C22H26N2O2S/c1-4-21(25)24-15(3)17-8-6-16(7-9-17)12-23-22(26)19-13-27-20-11-14(2)5-10-18(19)20/h4,6-9,13-15H,1,5,10-12H2,2-3H3,(H,23,26)(H,24,25). The van der Waals surface area contributed by atoms with E-state index in [0.717, 1.165) is 36.0 Å². The molecule has 1 aromatic heterocycles. The van der Waals surface area contributed by atoms with E-state index < -0.39 is 0 Å². The maximum absolute atomic E-state index is 12.6. The van der Waals surface area contributed by atoms with Crippen molar-refractivity contribution < 1.29 is 9.59 Å². The number of nitrogens with one attached hydrogen (secondary N) is 2. The number of amides is 2. The van der Waals surface area contributed by atoms with Gasteiger partial charge < -0.3 is 10.6 Å². The SMILES string of the molecule is C=CC(=O)NC(C)c1ccc(CNC(=O)c2csc3c2CCC(C)C3)cc1. The maximum atomic E-state index is 12.6. The van der Waals surface area contributed by atoms with Gasteiger partial charge in [-0.25, -0.2) is 0 Å². The zero-order chi connectivity index (χ0) is 19.4. The Morgan fingerprint density at radius 3 is 2.78 bits per heavy atom. The lowest BCUT2D eigenvalue weighted by Crippen LogP contribution is -2.25. The molecular weight excluding hydrogens is 356 g/mol. The van der Waals surface area contributed by atoms with Crippen molar-refractivity contribution in [2.24, 2.45) is 5.92 Å². The van der Waals surface area contributed by atoms with E-state index in [4.69, 9.17) is 0 Å². The Balaban J connectivity index is 1.58. The Morgan fingerprint density at radius 2 is 2.07 bits per heavy atom. The summed E-state index contributed by atoms with van der Waals surface area (Å²) in [6, 6.07) is 7.83. The summed E-state index contributed by atoms with van der Waals surface area (Å²) in [6.07, 6.45) is 4.53. The molecule has 0 fully saturated rings. The predicted octanol–water partition coefficient (Wildman–Crippen LogP) is 4.17. The predicted molar refractivity (Wildman–Crippen MR) is 110 cm³/mol. The molecule has 1 aromatic carbocycles. The fourth-order valence-corrected chi connectivity index (χ4v) is 4.67. The van der Waals surface area contributed by atoms with Crippen molar-refractivity contribution in [3.63, 3.8) is 0 Å². The molecule has 0 bridgehead atoms. The lowest BCUT2D eigenvalue weighted by Gasteiger charge is -2.18. The van der Waals surface area contributed by atoms with Gasteiger partial charge in [0.25, 0.3) is 5.91 Å². The van der Waals surface area contributed by atoms with Crippen LogP contribution in [0.4, 0.5) is 0 Å². The van der Waals surface area contributed by atoms with Gasteiger partial charge in [0.1, 0.15) is 0 Å². The second-order valence-corrected chi connectivity index (χ2v) is 8.22. The van der Waals surface area contributed by atoms with Crippen molar-refractivity contribution in [3.05, 3.63) is 69.4 Å². The highest BCUT2D eigenvalue weighted by atomic mass is 32.1. The summed E-state index contributed by atoms with van der Waals surface area (Å²) in [7, 11) is 0. The average molecular weight is 383 g/mol. The van der Waals surface area contributed by atoms with Gasteiger partial charge >= 0.3 is 0 Å². The topological polar surface area (TPSA) is 58.2 Å². The molecule has 2 unspecified atom stereocenters. The van der Waals surface area contributed by atoms with Gasteiger partial charge in [0.15, 0.2) is 0 Å². The molecule has 2 atom stereocenters. The number of benzene rings is 1. The molecule has 0 saturated heterocycles. The molecule has 0 saturated carbocycles. The number of carbonyl (C=O) groups excluding carboxylic acids is 2. The van der Waals surface area contributed by atoms with Crippen LogP contribution in [0.5, 0.6) is 0 Å². The molecule has 1 aliphatic rings. The van der Waals surface area contributed by atoms with E-state index in [0.29, 0.717) is 12.5 Å². The van der Waals surface area contributed by atoms with Gasteiger partial charge in [-0.1, -0.05) is 37.8 Å². The fraction of sp³-hybridized carbons (Fsp3) is 0.364. The van der Waals surface area contributed by atoms with Gasteiger partial charge in [0, 0.05) is 16.8 Å². The second-order valence-electron chi connectivity index (χ2n) is 7.26. The van der Waals surface area contributed by atoms with E-state index in [1.807, 2.05) is 36.6 Å². The molecule has 27 heavy (non-hydrogen) atoms. The summed E-state index contributed by atoms with van der Waals surface area (Å²) in [6.45, 7) is 8.16. The van der Waals surface area contributed by atoms with Crippen LogP contribution in [0.2, 0.25) is 0 Å². The van der Waals surface area contributed by atoms with Crippen LogP contribution in [0.3, 0.4) is 0 Å². The van der Waals surface area contributed by atoms with E-state index >= 15 is 0 Å². The summed E-state index contributed by atoms with van der Waals surface area (Å²) >= 11 is 1.72. The Morgan fingerprint density at radius 1 is 1.33 bits per heavy atom. The highest BCUT2D eigenvalue weighted by Gasteiger charge is 2.23. The van der Waals surface area contributed by atoms with Gasteiger partial charge in [-0.3, -0.25) is 9.59 Å². The van der Waals surface area contributed by atoms with Crippen molar-refractivity contribution >= 4 is 23.2 Å². The highest BCUT2D eigenvalue weighted by Crippen LogP contribution is 2.32. The maximum Gasteiger partial charge on any atom is 0.252 e. The molecule has 2 N–H and O–H groups in total. The van der Waals surface area contributed by atoms with Crippen LogP contribution in [0.25, 0.3) is 0 Å². The van der Waals surface area contributed by atoms with Crippen molar-refractivity contribution in [2.75, 3.05) is 0 Å². The molecular formula is C22H26N2O2S. The molecule has 0 spiro atoms. The summed E-state index contributed by atoms with van der Waals surface area (Å²) in [5.74, 6) is 0.536. The van der Waals surface area contributed by atoms with Gasteiger partial charge in [-0.2, -0.15) is 0 Å². The molecule has 4 nitrogen and oxygen atoms in total. The first-order valence-corrected chi connectivity index (χ1v) is 10.2. The minimum absolute atomic E-state index is 0.0118. The molecule has 1 aliphatic carbocycles. The van der Waals surface area contributed by atoms with E-state index in [9.17, 15) is 9.59 Å². The van der Waals surface area contributed by atoms with Crippen LogP contribution in [-0.2, 0) is 24.2 Å². The number of fused-ring (bicyclic) bond motifs is 1. The van der Waals surface area contributed by atoms with E-state index in [2.05, 4.69) is 24.1 Å². The molecule has 5 heteroatoms. The lowest BCUT2D eigenvalue weighted by molar-refractivity contribution is -0.117.